The lowest BCUT2D eigenvalue weighted by Crippen LogP contribution is -2.49. The van der Waals surface area contributed by atoms with Crippen LogP contribution in [0.3, 0.4) is 0 Å². The van der Waals surface area contributed by atoms with Crippen LogP contribution in [-0.2, 0) is 9.47 Å². The molecular formula is C15H27N3O3. The predicted octanol–water partition coefficient (Wildman–Crippen LogP) is 1.79. The number of hydrogen-bond donors (Lipinski definition) is 1. The van der Waals surface area contributed by atoms with Crippen LogP contribution in [0.15, 0.2) is 4.99 Å². The number of carbonyl (C=O) groups excluding carboxylic acids is 1. The van der Waals surface area contributed by atoms with Crippen LogP contribution >= 0.6 is 0 Å². The Morgan fingerprint density at radius 1 is 1.52 bits per heavy atom. The Balaban J connectivity index is 1.83. The zero-order valence-corrected chi connectivity index (χ0v) is 13.6. The molecule has 6 nitrogen and oxygen atoms in total. The van der Waals surface area contributed by atoms with Crippen molar-refractivity contribution in [3.63, 3.8) is 0 Å². The van der Waals surface area contributed by atoms with E-state index in [1.165, 1.54) is 0 Å². The Morgan fingerprint density at radius 2 is 2.29 bits per heavy atom. The Kier molecular flexibility index (Phi) is 4.76. The molecule has 2 aliphatic rings. The van der Waals surface area contributed by atoms with Gasteiger partial charge in [0.2, 0.25) is 0 Å². The molecule has 120 valence electrons. The summed E-state index contributed by atoms with van der Waals surface area (Å²) in [6, 6.07) is 0. The minimum atomic E-state index is -0.468. The van der Waals surface area contributed by atoms with Gasteiger partial charge in [-0.05, 0) is 40.5 Å². The van der Waals surface area contributed by atoms with Gasteiger partial charge in [0.05, 0.1) is 18.7 Å². The molecule has 1 N–H and O–H groups in total. The first-order chi connectivity index (χ1) is 9.77. The van der Waals surface area contributed by atoms with Crippen molar-refractivity contribution in [1.29, 1.82) is 0 Å². The monoisotopic (exact) mass is 297 g/mol. The second kappa shape index (κ2) is 6.22. The van der Waals surface area contributed by atoms with Crippen LogP contribution in [0.5, 0.6) is 0 Å². The van der Waals surface area contributed by atoms with Crippen LogP contribution < -0.4 is 5.32 Å². The maximum absolute atomic E-state index is 12.1. The normalized spacial score (nSPS) is 26.5. The van der Waals surface area contributed by atoms with Gasteiger partial charge in [-0.3, -0.25) is 9.89 Å². The van der Waals surface area contributed by atoms with Crippen molar-refractivity contribution in [3.8, 4) is 0 Å². The quantitative estimate of drug-likeness (QED) is 0.844. The zero-order chi connectivity index (χ0) is 15.5. The van der Waals surface area contributed by atoms with Crippen molar-refractivity contribution in [1.82, 2.24) is 10.2 Å². The van der Waals surface area contributed by atoms with E-state index in [-0.39, 0.29) is 11.7 Å². The van der Waals surface area contributed by atoms with E-state index in [1.807, 2.05) is 20.8 Å². The number of amides is 1. The van der Waals surface area contributed by atoms with Gasteiger partial charge in [0.1, 0.15) is 11.4 Å². The van der Waals surface area contributed by atoms with E-state index in [1.54, 1.807) is 4.90 Å². The molecule has 0 spiro atoms. The molecule has 0 aromatic rings. The highest BCUT2D eigenvalue weighted by Gasteiger charge is 2.31. The molecule has 1 amide bonds. The fraction of sp³-hybridized carbons (Fsp3) is 0.867. The maximum atomic E-state index is 12.1. The second-order valence-corrected chi connectivity index (χ2v) is 6.99. The van der Waals surface area contributed by atoms with E-state index in [0.717, 1.165) is 31.8 Å². The number of carbonyl (C=O) groups is 1. The molecule has 2 heterocycles. The van der Waals surface area contributed by atoms with E-state index in [0.29, 0.717) is 19.6 Å². The van der Waals surface area contributed by atoms with Crippen molar-refractivity contribution in [2.45, 2.75) is 51.7 Å². The summed E-state index contributed by atoms with van der Waals surface area (Å²) in [4.78, 5) is 18.2. The lowest BCUT2D eigenvalue weighted by atomic mass is 10.0. The van der Waals surface area contributed by atoms with Gasteiger partial charge < -0.3 is 14.8 Å². The first-order valence-electron chi connectivity index (χ1n) is 7.67. The fourth-order valence-electron chi connectivity index (χ4n) is 2.47. The van der Waals surface area contributed by atoms with Gasteiger partial charge in [-0.15, -0.1) is 0 Å². The van der Waals surface area contributed by atoms with Crippen LogP contribution in [0.1, 0.15) is 40.5 Å². The summed E-state index contributed by atoms with van der Waals surface area (Å²) < 4.78 is 11.2. The molecular weight excluding hydrogens is 270 g/mol. The van der Waals surface area contributed by atoms with E-state index < -0.39 is 5.60 Å². The van der Waals surface area contributed by atoms with Gasteiger partial charge in [-0.1, -0.05) is 0 Å². The van der Waals surface area contributed by atoms with E-state index in [4.69, 9.17) is 9.47 Å². The first-order valence-corrected chi connectivity index (χ1v) is 7.67. The molecule has 1 saturated heterocycles. The number of rotatable bonds is 2. The number of hydrogen-bond acceptors (Lipinski definition) is 5. The number of ether oxygens (including phenoxy) is 2. The summed E-state index contributed by atoms with van der Waals surface area (Å²) >= 11 is 0. The molecule has 21 heavy (non-hydrogen) atoms. The molecule has 2 rings (SSSR count). The van der Waals surface area contributed by atoms with Crippen LogP contribution in [0, 0.1) is 0 Å². The first kappa shape index (κ1) is 16.1. The predicted molar refractivity (Wildman–Crippen MR) is 81.7 cm³/mol. The summed E-state index contributed by atoms with van der Waals surface area (Å²) in [6.07, 6.45) is 1.89. The average Bonchev–Trinajstić information content (AvgIpc) is 2.82. The van der Waals surface area contributed by atoms with Crippen molar-refractivity contribution >= 4 is 11.9 Å². The van der Waals surface area contributed by atoms with Gasteiger partial charge in [0.15, 0.2) is 0 Å². The topological polar surface area (TPSA) is 63.2 Å². The smallest absolute Gasteiger partial charge is 0.410 e. The highest BCUT2D eigenvalue weighted by atomic mass is 16.6. The number of nitrogens with zero attached hydrogens (tertiary/aromatic N) is 2. The van der Waals surface area contributed by atoms with Gasteiger partial charge in [-0.25, -0.2) is 4.79 Å². The van der Waals surface area contributed by atoms with Gasteiger partial charge in [0.25, 0.3) is 0 Å². The molecule has 0 aliphatic carbocycles. The van der Waals surface area contributed by atoms with E-state index in [9.17, 15) is 4.79 Å². The molecule has 1 atom stereocenters. The molecule has 6 heteroatoms. The van der Waals surface area contributed by atoms with Crippen molar-refractivity contribution in [2.75, 3.05) is 32.8 Å². The summed E-state index contributed by atoms with van der Waals surface area (Å²) in [6.45, 7) is 11.0. The van der Waals surface area contributed by atoms with E-state index in [2.05, 4.69) is 17.2 Å². The summed E-state index contributed by atoms with van der Waals surface area (Å²) in [5.41, 5.74) is -0.582. The summed E-state index contributed by atoms with van der Waals surface area (Å²) in [5.74, 6) is 0.837. The van der Waals surface area contributed by atoms with Gasteiger partial charge in [0, 0.05) is 19.7 Å². The van der Waals surface area contributed by atoms with Crippen LogP contribution in [-0.4, -0.2) is 60.8 Å². The highest BCUT2D eigenvalue weighted by Crippen LogP contribution is 2.23. The Bertz CT molecular complexity index is 409. The maximum Gasteiger partial charge on any atom is 0.410 e. The summed E-state index contributed by atoms with van der Waals surface area (Å²) in [7, 11) is 0. The van der Waals surface area contributed by atoms with Crippen LogP contribution in [0.2, 0.25) is 0 Å². The molecule has 0 aromatic carbocycles. The molecule has 1 fully saturated rings. The largest absolute Gasteiger partial charge is 0.444 e. The lowest BCUT2D eigenvalue weighted by Gasteiger charge is -2.31. The Morgan fingerprint density at radius 3 is 2.90 bits per heavy atom. The van der Waals surface area contributed by atoms with Crippen LogP contribution in [0.25, 0.3) is 0 Å². The molecule has 0 bridgehead atoms. The Hall–Kier alpha value is -1.30. The second-order valence-electron chi connectivity index (χ2n) is 6.99. The van der Waals surface area contributed by atoms with Crippen molar-refractivity contribution in [2.24, 2.45) is 4.99 Å². The third-order valence-corrected chi connectivity index (χ3v) is 3.63. The van der Waals surface area contributed by atoms with Gasteiger partial charge >= 0.3 is 6.09 Å². The minimum absolute atomic E-state index is 0.114. The number of aliphatic imine (C=N–C) groups is 1. The molecule has 0 saturated carbocycles. The highest BCUT2D eigenvalue weighted by molar-refractivity contribution is 5.87. The van der Waals surface area contributed by atoms with Crippen LogP contribution in [0.4, 0.5) is 4.79 Å². The van der Waals surface area contributed by atoms with Gasteiger partial charge in [-0.2, -0.15) is 0 Å². The Labute approximate surface area is 126 Å². The van der Waals surface area contributed by atoms with Crippen molar-refractivity contribution in [3.05, 3.63) is 0 Å². The lowest BCUT2D eigenvalue weighted by molar-refractivity contribution is 0.0231. The molecule has 0 radical (unpaired) electrons. The fourth-order valence-corrected chi connectivity index (χ4v) is 2.47. The SMILES string of the molecule is CC(C)(C)OC(=O)N1CCN=C(NCC2(C)CCCO2)C1. The third-order valence-electron chi connectivity index (χ3n) is 3.63. The standard InChI is InChI=1S/C15H27N3O3/c1-14(2,3)21-13(19)18-8-7-16-12(10-18)17-11-15(4)6-5-9-20-15/h5-11H2,1-4H3,(H,16,17). The molecule has 1 unspecified atom stereocenters. The third kappa shape index (κ3) is 4.88. The number of nitrogens with one attached hydrogen (secondary N) is 1. The molecule has 0 aromatic heterocycles. The minimum Gasteiger partial charge on any atom is -0.444 e. The number of amidine groups is 1. The average molecular weight is 297 g/mol. The van der Waals surface area contributed by atoms with Crippen molar-refractivity contribution < 1.29 is 14.3 Å². The molecule has 2 aliphatic heterocycles. The zero-order valence-electron chi connectivity index (χ0n) is 13.6. The van der Waals surface area contributed by atoms with E-state index >= 15 is 0 Å². The summed E-state index contributed by atoms with van der Waals surface area (Å²) in [5, 5.41) is 3.33.